The Morgan fingerprint density at radius 3 is 2.30 bits per heavy atom. The molecule has 3 unspecified atom stereocenters. The minimum absolute atomic E-state index is 0.0551. The van der Waals surface area contributed by atoms with Gasteiger partial charge in [0.05, 0.1) is 5.92 Å². The first kappa shape index (κ1) is 16.5. The highest BCUT2D eigenvalue weighted by Crippen LogP contribution is 2.33. The van der Waals surface area contributed by atoms with Crippen molar-refractivity contribution in [3.05, 3.63) is 35.1 Å². The van der Waals surface area contributed by atoms with Gasteiger partial charge in [0.1, 0.15) is 5.82 Å². The van der Waals surface area contributed by atoms with Crippen molar-refractivity contribution in [3.63, 3.8) is 0 Å². The summed E-state index contributed by atoms with van der Waals surface area (Å²) in [5, 5.41) is 8.94. The number of rotatable bonds is 6. The molecule has 0 aliphatic rings. The van der Waals surface area contributed by atoms with E-state index in [1.807, 2.05) is 0 Å². The highest BCUT2D eigenvalue weighted by molar-refractivity contribution is 5.70. The average molecular weight is 289 g/mol. The third-order valence-corrected chi connectivity index (χ3v) is 3.68. The summed E-state index contributed by atoms with van der Waals surface area (Å²) in [7, 11) is 0. The Hall–Kier alpha value is -1.56. The fourth-order valence-electron chi connectivity index (χ4n) is 2.20. The Morgan fingerprint density at radius 1 is 1.25 bits per heavy atom. The van der Waals surface area contributed by atoms with Gasteiger partial charge in [0.25, 0.3) is 0 Å². The van der Waals surface area contributed by atoms with Gasteiger partial charge in [-0.05, 0) is 30.4 Å². The van der Waals surface area contributed by atoms with E-state index in [9.17, 15) is 18.0 Å². The van der Waals surface area contributed by atoms with E-state index in [0.29, 0.717) is 0 Å². The van der Waals surface area contributed by atoms with Crippen molar-refractivity contribution in [1.82, 2.24) is 0 Å². The van der Waals surface area contributed by atoms with E-state index in [1.54, 1.807) is 13.8 Å². The molecule has 0 aliphatic heterocycles. The molecule has 1 rings (SSSR count). The molecule has 0 heterocycles. The van der Waals surface area contributed by atoms with E-state index in [2.05, 4.69) is 0 Å². The zero-order valence-electron chi connectivity index (χ0n) is 11.4. The molecule has 0 amide bonds. The number of halogens is 3. The first-order valence-electron chi connectivity index (χ1n) is 6.35. The molecule has 6 heteroatoms. The van der Waals surface area contributed by atoms with E-state index in [4.69, 9.17) is 10.8 Å². The fourth-order valence-corrected chi connectivity index (χ4v) is 2.20. The summed E-state index contributed by atoms with van der Waals surface area (Å²) >= 11 is 0. The van der Waals surface area contributed by atoms with Crippen LogP contribution in [0, 0.1) is 29.3 Å². The zero-order chi connectivity index (χ0) is 15.4. The number of carbonyl (C=O) groups is 1. The standard InChI is InChI=1S/C14H18F3NO2/c1-7(5-9(6-18)14(19)20)8(2)12-10(15)3-4-11(16)13(12)17/h3-4,7-9H,5-6,18H2,1-2H3,(H,19,20). The van der Waals surface area contributed by atoms with Gasteiger partial charge < -0.3 is 10.8 Å². The third kappa shape index (κ3) is 3.50. The van der Waals surface area contributed by atoms with Crippen molar-refractivity contribution in [2.75, 3.05) is 6.54 Å². The lowest BCUT2D eigenvalue weighted by atomic mass is 9.82. The minimum Gasteiger partial charge on any atom is -0.481 e. The van der Waals surface area contributed by atoms with Gasteiger partial charge in [0.15, 0.2) is 11.6 Å². The zero-order valence-corrected chi connectivity index (χ0v) is 11.4. The van der Waals surface area contributed by atoms with Crippen LogP contribution in [-0.4, -0.2) is 17.6 Å². The van der Waals surface area contributed by atoms with Crippen LogP contribution >= 0.6 is 0 Å². The maximum atomic E-state index is 13.7. The van der Waals surface area contributed by atoms with E-state index in [1.165, 1.54) is 0 Å². The first-order chi connectivity index (χ1) is 9.29. The van der Waals surface area contributed by atoms with Crippen molar-refractivity contribution >= 4 is 5.97 Å². The lowest BCUT2D eigenvalue weighted by molar-refractivity contribution is -0.142. The molecule has 0 saturated heterocycles. The van der Waals surface area contributed by atoms with Gasteiger partial charge in [-0.3, -0.25) is 4.79 Å². The molecule has 20 heavy (non-hydrogen) atoms. The first-order valence-corrected chi connectivity index (χ1v) is 6.35. The maximum absolute atomic E-state index is 13.7. The predicted molar refractivity (Wildman–Crippen MR) is 68.7 cm³/mol. The Labute approximate surface area is 115 Å². The fraction of sp³-hybridized carbons (Fsp3) is 0.500. The summed E-state index contributed by atoms with van der Waals surface area (Å²) in [4.78, 5) is 10.9. The monoisotopic (exact) mass is 289 g/mol. The Morgan fingerprint density at radius 2 is 1.80 bits per heavy atom. The van der Waals surface area contributed by atoms with Crippen LogP contribution in [-0.2, 0) is 4.79 Å². The van der Waals surface area contributed by atoms with Crippen LogP contribution in [0.15, 0.2) is 12.1 Å². The molecule has 0 radical (unpaired) electrons. The van der Waals surface area contributed by atoms with E-state index >= 15 is 0 Å². The topological polar surface area (TPSA) is 63.3 Å². The smallest absolute Gasteiger partial charge is 0.307 e. The molecular formula is C14H18F3NO2. The Kier molecular flexibility index (Phi) is 5.56. The van der Waals surface area contributed by atoms with Crippen LogP contribution < -0.4 is 5.73 Å². The number of nitrogens with two attached hydrogens (primary N) is 1. The van der Waals surface area contributed by atoms with Gasteiger partial charge >= 0.3 is 5.97 Å². The van der Waals surface area contributed by atoms with Gasteiger partial charge in [0, 0.05) is 12.1 Å². The van der Waals surface area contributed by atoms with Crippen LogP contribution in [0.5, 0.6) is 0 Å². The number of benzene rings is 1. The van der Waals surface area contributed by atoms with Crippen LogP contribution in [0.4, 0.5) is 13.2 Å². The maximum Gasteiger partial charge on any atom is 0.307 e. The summed E-state index contributed by atoms with van der Waals surface area (Å²) in [5.41, 5.74) is 5.01. The van der Waals surface area contributed by atoms with Gasteiger partial charge in [0.2, 0.25) is 0 Å². The molecule has 0 spiro atoms. The lowest BCUT2D eigenvalue weighted by Crippen LogP contribution is -2.27. The van der Waals surface area contributed by atoms with Gasteiger partial charge in [-0.15, -0.1) is 0 Å². The molecule has 112 valence electrons. The number of carboxylic acids is 1. The van der Waals surface area contributed by atoms with Crippen molar-refractivity contribution in [3.8, 4) is 0 Å². The van der Waals surface area contributed by atoms with Crippen LogP contribution in [0.1, 0.15) is 31.7 Å². The molecule has 1 aromatic rings. The SMILES string of the molecule is CC(CC(CN)C(=O)O)C(C)c1c(F)ccc(F)c1F. The molecule has 0 fully saturated rings. The van der Waals surface area contributed by atoms with E-state index in [0.717, 1.165) is 12.1 Å². The molecule has 3 atom stereocenters. The summed E-state index contributed by atoms with van der Waals surface area (Å²) < 4.78 is 40.6. The lowest BCUT2D eigenvalue weighted by Gasteiger charge is -2.23. The predicted octanol–water partition coefficient (Wildman–Crippen LogP) is 2.89. The molecule has 3 N–H and O–H groups in total. The van der Waals surface area contributed by atoms with E-state index in [-0.39, 0.29) is 24.4 Å². The molecule has 1 aromatic carbocycles. The molecule has 0 aromatic heterocycles. The molecular weight excluding hydrogens is 271 g/mol. The number of hydrogen-bond donors (Lipinski definition) is 2. The van der Waals surface area contributed by atoms with Crippen molar-refractivity contribution in [1.29, 1.82) is 0 Å². The summed E-state index contributed by atoms with van der Waals surface area (Å²) in [6.07, 6.45) is 0.169. The number of hydrogen-bond acceptors (Lipinski definition) is 2. The van der Waals surface area contributed by atoms with Gasteiger partial charge in [-0.25, -0.2) is 13.2 Å². The van der Waals surface area contributed by atoms with Crippen molar-refractivity contribution < 1.29 is 23.1 Å². The largest absolute Gasteiger partial charge is 0.481 e. The highest BCUT2D eigenvalue weighted by atomic mass is 19.2. The normalized spacial score (nSPS) is 15.7. The van der Waals surface area contributed by atoms with E-state index < -0.39 is 35.3 Å². The number of carboxylic acid groups (broad SMARTS) is 1. The van der Waals surface area contributed by atoms with Gasteiger partial charge in [-0.2, -0.15) is 0 Å². The second-order valence-corrected chi connectivity index (χ2v) is 5.03. The second kappa shape index (κ2) is 6.74. The molecule has 0 saturated carbocycles. The number of aliphatic carboxylic acids is 1. The quantitative estimate of drug-likeness (QED) is 0.791. The molecule has 0 bridgehead atoms. The van der Waals surface area contributed by atoms with Crippen LogP contribution in [0.2, 0.25) is 0 Å². The summed E-state index contributed by atoms with van der Waals surface area (Å²) in [6.45, 7) is 3.15. The third-order valence-electron chi connectivity index (χ3n) is 3.68. The van der Waals surface area contributed by atoms with Crippen molar-refractivity contribution in [2.24, 2.45) is 17.6 Å². The Balaban J connectivity index is 2.97. The van der Waals surface area contributed by atoms with Gasteiger partial charge in [-0.1, -0.05) is 13.8 Å². The highest BCUT2D eigenvalue weighted by Gasteiger charge is 2.27. The summed E-state index contributed by atoms with van der Waals surface area (Å²) in [6, 6.07) is 1.60. The Bertz CT molecular complexity index is 494. The second-order valence-electron chi connectivity index (χ2n) is 5.03. The minimum atomic E-state index is -1.22. The average Bonchev–Trinajstić information content (AvgIpc) is 2.39. The molecule has 3 nitrogen and oxygen atoms in total. The molecule has 0 aliphatic carbocycles. The van der Waals surface area contributed by atoms with Crippen LogP contribution in [0.3, 0.4) is 0 Å². The summed E-state index contributed by atoms with van der Waals surface area (Å²) in [5.74, 6) is -6.01. The van der Waals surface area contributed by atoms with Crippen molar-refractivity contribution in [2.45, 2.75) is 26.2 Å². The van der Waals surface area contributed by atoms with Crippen LogP contribution in [0.25, 0.3) is 0 Å².